The van der Waals surface area contributed by atoms with Crippen LogP contribution < -0.4 is 4.74 Å². The lowest BCUT2D eigenvalue weighted by atomic mass is 10.1. The molecular weight excluding hydrogens is 266 g/mol. The quantitative estimate of drug-likeness (QED) is 0.787. The van der Waals surface area contributed by atoms with Crippen molar-refractivity contribution in [2.45, 2.75) is 20.8 Å². The highest BCUT2D eigenvalue weighted by atomic mass is 16.5. The highest BCUT2D eigenvalue weighted by molar-refractivity contribution is 5.90. The molecule has 1 heterocycles. The predicted octanol–water partition coefficient (Wildman–Crippen LogP) is 3.63. The van der Waals surface area contributed by atoms with Crippen molar-refractivity contribution in [3.8, 4) is 17.0 Å². The second-order valence-corrected chi connectivity index (χ2v) is 4.56. The van der Waals surface area contributed by atoms with Crippen molar-refractivity contribution in [3.05, 3.63) is 47.7 Å². The Labute approximate surface area is 124 Å². The number of esters is 1. The van der Waals surface area contributed by atoms with Gasteiger partial charge in [-0.05, 0) is 57.2 Å². The molecule has 0 fully saturated rings. The van der Waals surface area contributed by atoms with E-state index < -0.39 is 0 Å². The number of nitrogens with zero attached hydrogens (tertiary/aromatic N) is 1. The Hall–Kier alpha value is -2.36. The van der Waals surface area contributed by atoms with Gasteiger partial charge in [0.1, 0.15) is 5.75 Å². The van der Waals surface area contributed by atoms with E-state index in [0.29, 0.717) is 18.8 Å². The van der Waals surface area contributed by atoms with E-state index in [1.807, 2.05) is 38.1 Å². The zero-order valence-electron chi connectivity index (χ0n) is 12.6. The maximum atomic E-state index is 11.8. The molecule has 0 spiro atoms. The van der Waals surface area contributed by atoms with Crippen LogP contribution in [0.15, 0.2) is 36.4 Å². The van der Waals surface area contributed by atoms with E-state index in [-0.39, 0.29) is 5.97 Å². The van der Waals surface area contributed by atoms with Crippen LogP contribution in [0.4, 0.5) is 0 Å². The summed E-state index contributed by atoms with van der Waals surface area (Å²) >= 11 is 0. The van der Waals surface area contributed by atoms with Crippen molar-refractivity contribution in [2.24, 2.45) is 0 Å². The average Bonchev–Trinajstić information content (AvgIpc) is 2.48. The summed E-state index contributed by atoms with van der Waals surface area (Å²) in [5, 5.41) is 0. The fourth-order valence-corrected chi connectivity index (χ4v) is 2.04. The molecule has 0 aliphatic heterocycles. The van der Waals surface area contributed by atoms with Crippen molar-refractivity contribution >= 4 is 5.97 Å². The number of carbonyl (C=O) groups excluding carboxylic acids is 1. The molecule has 4 heteroatoms. The maximum absolute atomic E-state index is 11.8. The number of carbonyl (C=O) groups is 1. The first-order valence-corrected chi connectivity index (χ1v) is 7.03. The largest absolute Gasteiger partial charge is 0.494 e. The first-order valence-electron chi connectivity index (χ1n) is 7.03. The highest BCUT2D eigenvalue weighted by Crippen LogP contribution is 2.22. The maximum Gasteiger partial charge on any atom is 0.338 e. The third-order valence-electron chi connectivity index (χ3n) is 2.93. The summed E-state index contributed by atoms with van der Waals surface area (Å²) in [4.78, 5) is 16.3. The monoisotopic (exact) mass is 285 g/mol. The molecule has 1 aromatic heterocycles. The molecule has 2 rings (SSSR count). The Bertz CT molecular complexity index is 620. The smallest absolute Gasteiger partial charge is 0.338 e. The number of pyridine rings is 1. The van der Waals surface area contributed by atoms with Gasteiger partial charge < -0.3 is 9.47 Å². The Morgan fingerprint density at radius 3 is 2.43 bits per heavy atom. The first-order chi connectivity index (χ1) is 10.1. The Kier molecular flexibility index (Phi) is 4.93. The van der Waals surface area contributed by atoms with Crippen molar-refractivity contribution in [1.82, 2.24) is 4.98 Å². The molecule has 0 aliphatic carbocycles. The van der Waals surface area contributed by atoms with E-state index in [4.69, 9.17) is 9.47 Å². The molecule has 1 aromatic carbocycles. The van der Waals surface area contributed by atoms with Gasteiger partial charge in [0, 0.05) is 11.3 Å². The van der Waals surface area contributed by atoms with Gasteiger partial charge >= 0.3 is 5.97 Å². The van der Waals surface area contributed by atoms with Gasteiger partial charge in [-0.1, -0.05) is 0 Å². The normalized spacial score (nSPS) is 10.2. The molecule has 0 saturated carbocycles. The van der Waals surface area contributed by atoms with E-state index >= 15 is 0 Å². The van der Waals surface area contributed by atoms with Gasteiger partial charge in [-0.25, -0.2) is 4.79 Å². The summed E-state index contributed by atoms with van der Waals surface area (Å²) in [6.07, 6.45) is 0. The van der Waals surface area contributed by atoms with Crippen LogP contribution in [0.25, 0.3) is 11.3 Å². The van der Waals surface area contributed by atoms with Crippen molar-refractivity contribution in [3.63, 3.8) is 0 Å². The number of hydrogen-bond donors (Lipinski definition) is 0. The fourth-order valence-electron chi connectivity index (χ4n) is 2.04. The molecule has 0 bridgehead atoms. The lowest BCUT2D eigenvalue weighted by Crippen LogP contribution is -2.06. The summed E-state index contributed by atoms with van der Waals surface area (Å²) in [5.74, 6) is 0.495. The molecule has 0 radical (unpaired) electrons. The van der Waals surface area contributed by atoms with Crippen LogP contribution in [0.3, 0.4) is 0 Å². The number of aromatic nitrogens is 1. The molecule has 0 N–H and O–H groups in total. The van der Waals surface area contributed by atoms with Gasteiger partial charge in [0.05, 0.1) is 24.5 Å². The molecule has 0 aliphatic rings. The molecule has 21 heavy (non-hydrogen) atoms. The number of ether oxygens (including phenoxy) is 2. The van der Waals surface area contributed by atoms with Gasteiger partial charge in [-0.15, -0.1) is 0 Å². The van der Waals surface area contributed by atoms with E-state index in [2.05, 4.69) is 4.98 Å². The van der Waals surface area contributed by atoms with Crippen molar-refractivity contribution in [1.29, 1.82) is 0 Å². The van der Waals surface area contributed by atoms with Crippen LogP contribution in [0.5, 0.6) is 5.75 Å². The van der Waals surface area contributed by atoms with E-state index in [0.717, 1.165) is 22.7 Å². The van der Waals surface area contributed by atoms with Crippen molar-refractivity contribution < 1.29 is 14.3 Å². The minimum absolute atomic E-state index is 0.324. The summed E-state index contributed by atoms with van der Waals surface area (Å²) < 4.78 is 10.5. The summed E-state index contributed by atoms with van der Waals surface area (Å²) in [6.45, 7) is 6.59. The zero-order valence-corrected chi connectivity index (χ0v) is 12.6. The molecule has 0 amide bonds. The average molecular weight is 285 g/mol. The number of benzene rings is 1. The molecule has 0 saturated heterocycles. The fraction of sp³-hybridized carbons (Fsp3) is 0.294. The second-order valence-electron chi connectivity index (χ2n) is 4.56. The minimum atomic E-state index is -0.324. The van der Waals surface area contributed by atoms with E-state index in [1.54, 1.807) is 19.1 Å². The Morgan fingerprint density at radius 2 is 1.81 bits per heavy atom. The third kappa shape index (κ3) is 3.81. The number of hydrogen-bond acceptors (Lipinski definition) is 4. The summed E-state index contributed by atoms with van der Waals surface area (Å²) in [6, 6.07) is 11.1. The molecule has 4 nitrogen and oxygen atoms in total. The zero-order chi connectivity index (χ0) is 15.2. The number of rotatable bonds is 5. The van der Waals surface area contributed by atoms with Crippen LogP contribution in [0.1, 0.15) is 29.9 Å². The lowest BCUT2D eigenvalue weighted by Gasteiger charge is -2.08. The highest BCUT2D eigenvalue weighted by Gasteiger charge is 2.10. The summed E-state index contributed by atoms with van der Waals surface area (Å²) in [7, 11) is 0. The molecule has 110 valence electrons. The van der Waals surface area contributed by atoms with Crippen LogP contribution in [-0.2, 0) is 4.74 Å². The third-order valence-corrected chi connectivity index (χ3v) is 2.93. The Morgan fingerprint density at radius 1 is 1.10 bits per heavy atom. The minimum Gasteiger partial charge on any atom is -0.494 e. The SMILES string of the molecule is CCOC(=O)c1cc(C)nc(-c2ccc(OCC)cc2)c1. The van der Waals surface area contributed by atoms with Crippen molar-refractivity contribution in [2.75, 3.05) is 13.2 Å². The van der Waals surface area contributed by atoms with E-state index in [1.165, 1.54) is 0 Å². The van der Waals surface area contributed by atoms with Gasteiger partial charge in [0.2, 0.25) is 0 Å². The topological polar surface area (TPSA) is 48.4 Å². The molecule has 2 aromatic rings. The number of aryl methyl sites for hydroxylation is 1. The second kappa shape index (κ2) is 6.88. The van der Waals surface area contributed by atoms with E-state index in [9.17, 15) is 4.79 Å². The first kappa shape index (κ1) is 15.0. The molecule has 0 unspecified atom stereocenters. The van der Waals surface area contributed by atoms with Crippen LogP contribution >= 0.6 is 0 Å². The molecule has 0 atom stereocenters. The van der Waals surface area contributed by atoms with Gasteiger partial charge in [0.25, 0.3) is 0 Å². The molecular formula is C17H19NO3. The predicted molar refractivity (Wildman–Crippen MR) is 81.5 cm³/mol. The summed E-state index contributed by atoms with van der Waals surface area (Å²) in [5.41, 5.74) is 2.99. The van der Waals surface area contributed by atoms with Crippen LogP contribution in [-0.4, -0.2) is 24.2 Å². The standard InChI is InChI=1S/C17H19NO3/c1-4-20-15-8-6-13(7-9-15)16-11-14(10-12(3)18-16)17(19)21-5-2/h6-11H,4-5H2,1-3H3. The van der Waals surface area contributed by atoms with Gasteiger partial charge in [-0.2, -0.15) is 0 Å². The van der Waals surface area contributed by atoms with Crippen LogP contribution in [0, 0.1) is 6.92 Å². The van der Waals surface area contributed by atoms with Gasteiger partial charge in [0.15, 0.2) is 0 Å². The van der Waals surface area contributed by atoms with Gasteiger partial charge in [-0.3, -0.25) is 4.98 Å². The lowest BCUT2D eigenvalue weighted by molar-refractivity contribution is 0.0526. The van der Waals surface area contributed by atoms with Crippen LogP contribution in [0.2, 0.25) is 0 Å². The Balaban J connectivity index is 2.32.